The zero-order valence-electron chi connectivity index (χ0n) is 13.6. The largest absolute Gasteiger partial charge is 0.491 e. The van der Waals surface area contributed by atoms with Crippen LogP contribution < -0.4 is 10.1 Å². The summed E-state index contributed by atoms with van der Waals surface area (Å²) in [6.07, 6.45) is 3.20. The Balaban J connectivity index is 1.49. The van der Waals surface area contributed by atoms with E-state index in [0.717, 1.165) is 30.9 Å². The van der Waals surface area contributed by atoms with Gasteiger partial charge < -0.3 is 24.3 Å². The Morgan fingerprint density at radius 3 is 2.65 bits per heavy atom. The lowest BCUT2D eigenvalue weighted by Gasteiger charge is -2.22. The lowest BCUT2D eigenvalue weighted by molar-refractivity contribution is -0.169. The monoisotopic (exact) mass is 323 g/mol. The van der Waals surface area contributed by atoms with Gasteiger partial charge in [-0.25, -0.2) is 0 Å². The molecule has 1 atom stereocenters. The molecule has 1 unspecified atom stereocenters. The van der Waals surface area contributed by atoms with E-state index in [2.05, 4.69) is 5.32 Å². The maximum Gasteiger partial charge on any atom is 0.221 e. The molecule has 0 aliphatic carbocycles. The maximum atomic E-state index is 10.9. The van der Waals surface area contributed by atoms with E-state index in [9.17, 15) is 4.79 Å². The first-order valence-electron chi connectivity index (χ1n) is 8.05. The molecule has 6 heteroatoms. The number of hydrogen-bond donors (Lipinski definition) is 1. The van der Waals surface area contributed by atoms with Crippen LogP contribution in [0.4, 0.5) is 5.69 Å². The average molecular weight is 323 g/mol. The fourth-order valence-electron chi connectivity index (χ4n) is 2.24. The normalized spacial score (nSPS) is 17.7. The third-order valence-electron chi connectivity index (χ3n) is 3.34. The van der Waals surface area contributed by atoms with Crippen LogP contribution in [0.5, 0.6) is 5.75 Å². The molecular formula is C17H25NO5. The molecule has 0 spiro atoms. The van der Waals surface area contributed by atoms with E-state index in [0.29, 0.717) is 26.4 Å². The van der Waals surface area contributed by atoms with Gasteiger partial charge in [-0.15, -0.1) is 0 Å². The Bertz CT molecular complexity index is 457. The molecule has 23 heavy (non-hydrogen) atoms. The number of hydrogen-bond acceptors (Lipinski definition) is 5. The average Bonchev–Trinajstić information content (AvgIpc) is 2.56. The number of rotatable bonds is 9. The van der Waals surface area contributed by atoms with Crippen LogP contribution in [0.25, 0.3) is 0 Å². The summed E-state index contributed by atoms with van der Waals surface area (Å²) in [5, 5.41) is 2.71. The summed E-state index contributed by atoms with van der Waals surface area (Å²) in [5.74, 6) is 0.655. The summed E-state index contributed by atoms with van der Waals surface area (Å²) in [7, 11) is 0. The number of amides is 1. The van der Waals surface area contributed by atoms with Gasteiger partial charge in [-0.05, 0) is 43.5 Å². The quantitative estimate of drug-likeness (QED) is 0.708. The van der Waals surface area contributed by atoms with E-state index in [-0.39, 0.29) is 12.2 Å². The van der Waals surface area contributed by atoms with Crippen LogP contribution in [-0.4, -0.2) is 45.2 Å². The summed E-state index contributed by atoms with van der Waals surface area (Å²) in [6.45, 7) is 4.31. The lowest BCUT2D eigenvalue weighted by Crippen LogP contribution is -2.24. The summed E-state index contributed by atoms with van der Waals surface area (Å²) >= 11 is 0. The number of benzene rings is 1. The fraction of sp³-hybridized carbons (Fsp3) is 0.588. The molecule has 1 aliphatic heterocycles. The topological polar surface area (TPSA) is 66.0 Å². The molecule has 0 bridgehead atoms. The molecule has 1 fully saturated rings. The van der Waals surface area contributed by atoms with Crippen molar-refractivity contribution in [1.82, 2.24) is 0 Å². The zero-order chi connectivity index (χ0) is 16.3. The number of carbonyl (C=O) groups is 1. The van der Waals surface area contributed by atoms with Gasteiger partial charge in [0.15, 0.2) is 6.29 Å². The van der Waals surface area contributed by atoms with Crippen molar-refractivity contribution in [3.63, 3.8) is 0 Å². The third kappa shape index (κ3) is 7.45. The number of ether oxygens (including phenoxy) is 4. The van der Waals surface area contributed by atoms with Gasteiger partial charge in [-0.2, -0.15) is 0 Å². The zero-order valence-corrected chi connectivity index (χ0v) is 13.6. The molecule has 1 aromatic carbocycles. The molecular weight excluding hydrogens is 298 g/mol. The van der Waals surface area contributed by atoms with Crippen molar-refractivity contribution in [3.05, 3.63) is 24.3 Å². The second-order valence-electron chi connectivity index (χ2n) is 5.33. The van der Waals surface area contributed by atoms with Crippen molar-refractivity contribution in [1.29, 1.82) is 0 Å². The standard InChI is InChI=1S/C17H25NO5/c1-14(19)18-15-5-7-16(8-6-15)21-12-10-20-11-13-23-17-4-2-3-9-22-17/h5-8,17H,2-4,9-13H2,1H3,(H,18,19). The highest BCUT2D eigenvalue weighted by atomic mass is 16.7. The second-order valence-corrected chi connectivity index (χ2v) is 5.33. The van der Waals surface area contributed by atoms with Crippen LogP contribution in [0.2, 0.25) is 0 Å². The van der Waals surface area contributed by atoms with Crippen LogP contribution >= 0.6 is 0 Å². The predicted octanol–water partition coefficient (Wildman–Crippen LogP) is 2.58. The predicted molar refractivity (Wildman–Crippen MR) is 86.6 cm³/mol. The molecule has 1 aliphatic rings. The molecule has 1 saturated heterocycles. The van der Waals surface area contributed by atoms with Crippen LogP contribution in [0.15, 0.2) is 24.3 Å². The Labute approximate surface area is 137 Å². The second kappa shape index (κ2) is 10.2. The molecule has 128 valence electrons. The molecule has 1 heterocycles. The molecule has 0 aromatic heterocycles. The minimum absolute atomic E-state index is 0.0641. The van der Waals surface area contributed by atoms with Crippen molar-refractivity contribution in [2.45, 2.75) is 32.5 Å². The maximum absolute atomic E-state index is 10.9. The minimum Gasteiger partial charge on any atom is -0.491 e. The Morgan fingerprint density at radius 2 is 1.96 bits per heavy atom. The summed E-state index contributed by atoms with van der Waals surface area (Å²) in [5.41, 5.74) is 0.753. The number of anilines is 1. The highest BCUT2D eigenvalue weighted by Gasteiger charge is 2.13. The van der Waals surface area contributed by atoms with E-state index in [1.807, 2.05) is 12.1 Å². The molecule has 2 rings (SSSR count). The highest BCUT2D eigenvalue weighted by molar-refractivity contribution is 5.88. The van der Waals surface area contributed by atoms with Crippen molar-refractivity contribution >= 4 is 11.6 Å². The number of carbonyl (C=O) groups excluding carboxylic acids is 1. The lowest BCUT2D eigenvalue weighted by atomic mass is 10.2. The van der Waals surface area contributed by atoms with Gasteiger partial charge in [0.2, 0.25) is 5.91 Å². The van der Waals surface area contributed by atoms with E-state index in [1.54, 1.807) is 12.1 Å². The molecule has 6 nitrogen and oxygen atoms in total. The summed E-state index contributed by atoms with van der Waals surface area (Å²) in [6, 6.07) is 7.23. The number of nitrogens with one attached hydrogen (secondary N) is 1. The van der Waals surface area contributed by atoms with Crippen molar-refractivity contribution < 1.29 is 23.7 Å². The van der Waals surface area contributed by atoms with Gasteiger partial charge in [0.1, 0.15) is 12.4 Å². The van der Waals surface area contributed by atoms with Crippen LogP contribution in [0.3, 0.4) is 0 Å². The molecule has 0 saturated carbocycles. The van der Waals surface area contributed by atoms with Crippen LogP contribution in [-0.2, 0) is 19.0 Å². The SMILES string of the molecule is CC(=O)Nc1ccc(OCCOCCOC2CCCCO2)cc1. The van der Waals surface area contributed by atoms with Gasteiger partial charge in [-0.3, -0.25) is 4.79 Å². The highest BCUT2D eigenvalue weighted by Crippen LogP contribution is 2.15. The summed E-state index contributed by atoms with van der Waals surface area (Å²) in [4.78, 5) is 10.9. The Hall–Kier alpha value is -1.63. The summed E-state index contributed by atoms with van der Waals surface area (Å²) < 4.78 is 22.1. The molecule has 0 radical (unpaired) electrons. The smallest absolute Gasteiger partial charge is 0.221 e. The Kier molecular flexibility index (Phi) is 7.86. The Morgan fingerprint density at radius 1 is 1.17 bits per heavy atom. The van der Waals surface area contributed by atoms with E-state index in [1.165, 1.54) is 13.3 Å². The third-order valence-corrected chi connectivity index (χ3v) is 3.34. The fourth-order valence-corrected chi connectivity index (χ4v) is 2.24. The van der Waals surface area contributed by atoms with Gasteiger partial charge in [0.05, 0.1) is 19.8 Å². The van der Waals surface area contributed by atoms with Gasteiger partial charge >= 0.3 is 0 Å². The first kappa shape index (κ1) is 17.7. The van der Waals surface area contributed by atoms with E-state index >= 15 is 0 Å². The molecule has 1 N–H and O–H groups in total. The van der Waals surface area contributed by atoms with Crippen molar-refractivity contribution in [3.8, 4) is 5.75 Å². The minimum atomic E-state index is -0.0899. The van der Waals surface area contributed by atoms with Crippen molar-refractivity contribution in [2.24, 2.45) is 0 Å². The first-order valence-corrected chi connectivity index (χ1v) is 8.05. The van der Waals surface area contributed by atoms with Crippen molar-refractivity contribution in [2.75, 3.05) is 38.4 Å². The molecule has 1 aromatic rings. The van der Waals surface area contributed by atoms with Crippen LogP contribution in [0.1, 0.15) is 26.2 Å². The van der Waals surface area contributed by atoms with E-state index in [4.69, 9.17) is 18.9 Å². The van der Waals surface area contributed by atoms with E-state index < -0.39 is 0 Å². The first-order chi connectivity index (χ1) is 11.2. The molecule has 1 amide bonds. The van der Waals surface area contributed by atoms with Gasteiger partial charge in [-0.1, -0.05) is 0 Å². The van der Waals surface area contributed by atoms with Gasteiger partial charge in [0, 0.05) is 19.2 Å². The van der Waals surface area contributed by atoms with Crippen LogP contribution in [0, 0.1) is 0 Å². The van der Waals surface area contributed by atoms with Gasteiger partial charge in [0.25, 0.3) is 0 Å².